The van der Waals surface area contributed by atoms with E-state index in [-0.39, 0.29) is 5.78 Å². The summed E-state index contributed by atoms with van der Waals surface area (Å²) in [5.74, 6) is 0.120. The molecule has 0 aromatic carbocycles. The lowest BCUT2D eigenvalue weighted by molar-refractivity contribution is -0.117. The summed E-state index contributed by atoms with van der Waals surface area (Å²) in [6.07, 6.45) is 2.46. The van der Waals surface area contributed by atoms with Gasteiger partial charge in [-0.3, -0.25) is 9.48 Å². The van der Waals surface area contributed by atoms with Crippen LogP contribution >= 0.6 is 11.3 Å². The Bertz CT molecular complexity index is 458. The van der Waals surface area contributed by atoms with E-state index in [4.69, 9.17) is 0 Å². The lowest BCUT2D eigenvalue weighted by Crippen LogP contribution is -2.06. The normalized spacial score (nSPS) is 10.6. The predicted molar refractivity (Wildman–Crippen MR) is 60.3 cm³/mol. The first-order chi connectivity index (χ1) is 7.63. The molecule has 0 saturated heterocycles. The molecule has 16 heavy (non-hydrogen) atoms. The van der Waals surface area contributed by atoms with Crippen LogP contribution in [0.5, 0.6) is 0 Å². The van der Waals surface area contributed by atoms with E-state index in [1.54, 1.807) is 17.9 Å². The molecule has 0 bridgehead atoms. The summed E-state index contributed by atoms with van der Waals surface area (Å²) in [6.45, 7) is 1.92. The quantitative estimate of drug-likeness (QED) is 0.792. The number of hydrogen-bond donors (Lipinski definition) is 0. The zero-order valence-electron chi connectivity index (χ0n) is 9.17. The summed E-state index contributed by atoms with van der Waals surface area (Å²) in [4.78, 5) is 15.9. The van der Waals surface area contributed by atoms with Crippen molar-refractivity contribution in [3.63, 3.8) is 0 Å². The Morgan fingerprint density at radius 3 is 2.88 bits per heavy atom. The molecule has 0 spiro atoms. The minimum atomic E-state index is 0.120. The molecule has 0 aliphatic rings. The van der Waals surface area contributed by atoms with Gasteiger partial charge in [0.2, 0.25) is 0 Å². The largest absolute Gasteiger partial charge is 0.299 e. The molecule has 0 aliphatic carbocycles. The lowest BCUT2D eigenvalue weighted by Gasteiger charge is -1.94. The van der Waals surface area contributed by atoms with Crippen molar-refractivity contribution in [3.8, 4) is 0 Å². The van der Waals surface area contributed by atoms with Crippen molar-refractivity contribution in [1.82, 2.24) is 20.0 Å². The topological polar surface area (TPSA) is 60.7 Å². The molecule has 5 nitrogen and oxygen atoms in total. The molecule has 0 atom stereocenters. The second kappa shape index (κ2) is 4.52. The number of carbonyl (C=O) groups excluding carboxylic acids is 1. The van der Waals surface area contributed by atoms with Gasteiger partial charge < -0.3 is 0 Å². The zero-order chi connectivity index (χ0) is 11.5. The summed E-state index contributed by atoms with van der Waals surface area (Å²) in [7, 11) is 1.78. The maximum Gasteiger partial charge on any atom is 0.145 e. The van der Waals surface area contributed by atoms with E-state index in [0.29, 0.717) is 18.5 Å². The van der Waals surface area contributed by atoms with Crippen LogP contribution in [-0.4, -0.2) is 25.8 Å². The van der Waals surface area contributed by atoms with Gasteiger partial charge in [0.05, 0.1) is 18.5 Å². The highest BCUT2D eigenvalue weighted by molar-refractivity contribution is 7.09. The summed E-state index contributed by atoms with van der Waals surface area (Å²) < 4.78 is 1.59. The monoisotopic (exact) mass is 236 g/mol. The van der Waals surface area contributed by atoms with E-state index in [1.165, 1.54) is 11.3 Å². The summed E-state index contributed by atoms with van der Waals surface area (Å²) in [5.41, 5.74) is 1.67. The van der Waals surface area contributed by atoms with Gasteiger partial charge in [0, 0.05) is 24.3 Å². The molecule has 0 aliphatic heterocycles. The van der Waals surface area contributed by atoms with Crippen molar-refractivity contribution in [2.75, 3.05) is 0 Å². The summed E-state index contributed by atoms with van der Waals surface area (Å²) in [6, 6.07) is 0. The van der Waals surface area contributed by atoms with Crippen molar-refractivity contribution >= 4 is 17.1 Å². The van der Waals surface area contributed by atoms with Gasteiger partial charge in [-0.05, 0) is 6.92 Å². The van der Waals surface area contributed by atoms with Crippen molar-refractivity contribution in [1.29, 1.82) is 0 Å². The third-order valence-electron chi connectivity index (χ3n) is 2.04. The molecule has 0 fully saturated rings. The van der Waals surface area contributed by atoms with E-state index < -0.39 is 0 Å². The van der Waals surface area contributed by atoms with Crippen LogP contribution in [0.15, 0.2) is 11.6 Å². The highest BCUT2D eigenvalue weighted by atomic mass is 32.1. The Balaban J connectivity index is 1.94. The van der Waals surface area contributed by atoms with Crippen LogP contribution < -0.4 is 0 Å². The highest BCUT2D eigenvalue weighted by Gasteiger charge is 2.10. The fourth-order valence-corrected chi connectivity index (χ4v) is 2.19. The van der Waals surface area contributed by atoms with Gasteiger partial charge in [-0.25, -0.2) is 4.98 Å². The average Bonchev–Trinajstić information content (AvgIpc) is 2.76. The van der Waals surface area contributed by atoms with Gasteiger partial charge in [-0.15, -0.1) is 16.4 Å². The van der Waals surface area contributed by atoms with Crippen LogP contribution in [0.25, 0.3) is 0 Å². The van der Waals surface area contributed by atoms with E-state index in [9.17, 15) is 4.79 Å². The van der Waals surface area contributed by atoms with Gasteiger partial charge in [0.1, 0.15) is 10.8 Å². The number of Topliss-reactive ketones (excluding diaryl/α,β-unsaturated/α-hetero) is 1. The third-order valence-corrected chi connectivity index (χ3v) is 3.01. The molecule has 0 radical (unpaired) electrons. The van der Waals surface area contributed by atoms with Crippen LogP contribution in [0.3, 0.4) is 0 Å². The van der Waals surface area contributed by atoms with Crippen molar-refractivity contribution in [2.24, 2.45) is 7.05 Å². The van der Waals surface area contributed by atoms with E-state index >= 15 is 0 Å². The Kier molecular flexibility index (Phi) is 3.09. The van der Waals surface area contributed by atoms with Crippen LogP contribution in [0.4, 0.5) is 0 Å². The number of aromatic nitrogens is 4. The average molecular weight is 236 g/mol. The van der Waals surface area contributed by atoms with Crippen LogP contribution in [0.1, 0.15) is 16.4 Å². The van der Waals surface area contributed by atoms with Crippen molar-refractivity contribution in [3.05, 3.63) is 28.0 Å². The van der Waals surface area contributed by atoms with Gasteiger partial charge in [0.15, 0.2) is 0 Å². The predicted octanol–water partition coefficient (Wildman–Crippen LogP) is 0.934. The van der Waals surface area contributed by atoms with Crippen molar-refractivity contribution in [2.45, 2.75) is 19.8 Å². The first kappa shape index (κ1) is 10.9. The molecule has 84 valence electrons. The number of thiazole rings is 1. The summed E-state index contributed by atoms with van der Waals surface area (Å²) in [5, 5.41) is 10.5. The molecule has 0 N–H and O–H groups in total. The molecule has 0 amide bonds. The zero-order valence-corrected chi connectivity index (χ0v) is 9.99. The van der Waals surface area contributed by atoms with Gasteiger partial charge in [-0.2, -0.15) is 0 Å². The number of carbonyl (C=O) groups is 1. The highest BCUT2D eigenvalue weighted by Crippen LogP contribution is 2.10. The Morgan fingerprint density at radius 1 is 1.50 bits per heavy atom. The number of hydrogen-bond acceptors (Lipinski definition) is 5. The van der Waals surface area contributed by atoms with Crippen LogP contribution in [0, 0.1) is 6.92 Å². The van der Waals surface area contributed by atoms with Crippen molar-refractivity contribution < 1.29 is 4.79 Å². The summed E-state index contributed by atoms with van der Waals surface area (Å²) >= 11 is 1.52. The molecule has 2 heterocycles. The maximum atomic E-state index is 11.7. The second-order valence-corrected chi connectivity index (χ2v) is 4.60. The van der Waals surface area contributed by atoms with E-state index in [1.807, 2.05) is 12.3 Å². The molecule has 2 aromatic heterocycles. The Hall–Kier alpha value is -1.56. The molecule has 6 heteroatoms. The van der Waals surface area contributed by atoms with Gasteiger partial charge in [-0.1, -0.05) is 5.21 Å². The van der Waals surface area contributed by atoms with Gasteiger partial charge in [0.25, 0.3) is 0 Å². The smallest absolute Gasteiger partial charge is 0.145 e. The number of aryl methyl sites for hydroxylation is 2. The second-order valence-electron chi connectivity index (χ2n) is 3.66. The Morgan fingerprint density at radius 2 is 2.31 bits per heavy atom. The SMILES string of the molecule is Cc1csc(CC(=O)Cc2cn(C)nn2)n1. The lowest BCUT2D eigenvalue weighted by atomic mass is 10.2. The molecular weight excluding hydrogens is 224 g/mol. The molecule has 2 aromatic rings. The Labute approximate surface area is 97.1 Å². The van der Waals surface area contributed by atoms with E-state index in [2.05, 4.69) is 15.3 Å². The number of ketones is 1. The van der Waals surface area contributed by atoms with Crippen LogP contribution in [0.2, 0.25) is 0 Å². The third kappa shape index (κ3) is 2.73. The minimum absolute atomic E-state index is 0.120. The number of nitrogens with zero attached hydrogens (tertiary/aromatic N) is 4. The van der Waals surface area contributed by atoms with Gasteiger partial charge >= 0.3 is 0 Å². The first-order valence-corrected chi connectivity index (χ1v) is 5.79. The molecule has 0 saturated carbocycles. The molecular formula is C10H12N4OS. The standard InChI is InChI=1S/C10H12N4OS/c1-7-6-16-10(11-7)4-9(15)3-8-5-14(2)13-12-8/h5-6H,3-4H2,1-2H3. The number of rotatable bonds is 4. The fourth-order valence-electron chi connectivity index (χ4n) is 1.39. The maximum absolute atomic E-state index is 11.7. The van der Waals surface area contributed by atoms with E-state index in [0.717, 1.165) is 10.7 Å². The molecule has 2 rings (SSSR count). The first-order valence-electron chi connectivity index (χ1n) is 4.91. The molecule has 0 unspecified atom stereocenters. The van der Waals surface area contributed by atoms with Crippen LogP contribution in [-0.2, 0) is 24.7 Å². The minimum Gasteiger partial charge on any atom is -0.299 e. The fraction of sp³-hybridized carbons (Fsp3) is 0.400.